The number of nitrogens with zero attached hydrogens (tertiary/aromatic N) is 2. The number of carbonyl (C=O) groups excluding carboxylic acids is 2. The lowest BCUT2D eigenvalue weighted by molar-refractivity contribution is -0.107. The van der Waals surface area contributed by atoms with E-state index in [0.29, 0.717) is 0 Å². The minimum absolute atomic E-state index is 0.254. The summed E-state index contributed by atoms with van der Waals surface area (Å²) in [6, 6.07) is 16.7. The van der Waals surface area contributed by atoms with Gasteiger partial charge in [-0.3, -0.25) is 14.7 Å². The summed E-state index contributed by atoms with van der Waals surface area (Å²) in [5.41, 5.74) is 9.32. The fourth-order valence-corrected chi connectivity index (χ4v) is 2.93. The normalized spacial score (nSPS) is 10.1. The van der Waals surface area contributed by atoms with E-state index in [1.165, 1.54) is 4.90 Å². The number of benzene rings is 2. The molecule has 0 atom stereocenters. The molecular formula is C23H28N4O3. The lowest BCUT2D eigenvalue weighted by Gasteiger charge is -2.16. The third kappa shape index (κ3) is 6.77. The Morgan fingerprint density at radius 2 is 1.93 bits per heavy atom. The van der Waals surface area contributed by atoms with Crippen LogP contribution in [-0.4, -0.2) is 34.7 Å². The van der Waals surface area contributed by atoms with E-state index in [-0.39, 0.29) is 11.4 Å². The van der Waals surface area contributed by atoms with E-state index in [0.717, 1.165) is 54.6 Å². The molecule has 0 radical (unpaired) electrons. The molecule has 1 aromatic heterocycles. The summed E-state index contributed by atoms with van der Waals surface area (Å²) in [7, 11) is 1.72. The number of anilines is 1. The highest BCUT2D eigenvalue weighted by atomic mass is 16.3. The van der Waals surface area contributed by atoms with Crippen LogP contribution in [0, 0.1) is 0 Å². The first-order valence-corrected chi connectivity index (χ1v) is 9.82. The minimum Gasteiger partial charge on any atom is -0.508 e. The summed E-state index contributed by atoms with van der Waals surface area (Å²) in [6.07, 6.45) is 4.55. The average molecular weight is 409 g/mol. The van der Waals surface area contributed by atoms with Crippen LogP contribution in [0.3, 0.4) is 0 Å². The maximum atomic E-state index is 10.8. The van der Waals surface area contributed by atoms with Crippen LogP contribution in [0.1, 0.15) is 47.1 Å². The zero-order valence-electron chi connectivity index (χ0n) is 17.3. The first-order chi connectivity index (χ1) is 14.4. The zero-order chi connectivity index (χ0) is 21.9. The predicted molar refractivity (Wildman–Crippen MR) is 118 cm³/mol. The van der Waals surface area contributed by atoms with Gasteiger partial charge in [-0.05, 0) is 48.2 Å². The molecule has 30 heavy (non-hydrogen) atoms. The van der Waals surface area contributed by atoms with Crippen molar-refractivity contribution in [2.45, 2.75) is 32.6 Å². The Bertz CT molecular complexity index is 954. The number of amides is 2. The van der Waals surface area contributed by atoms with Crippen LogP contribution in [0.5, 0.6) is 5.75 Å². The van der Waals surface area contributed by atoms with Gasteiger partial charge in [0.2, 0.25) is 6.41 Å². The van der Waals surface area contributed by atoms with E-state index in [9.17, 15) is 14.7 Å². The number of carbonyl (C=O) groups is 2. The standard InChI is InChI=1S/C12H17NO2.C11H11N3O/c1-3-4-5-10-8-11(15)6-7-12(10)13(2)9-14;12-11(15)10-7-9(13-14-10)6-8-4-2-1-3-5-8/h6-9,15H,3-5H2,1-2H3;1-5,7H,6H2,(H2,12,15)(H,13,14). The molecule has 0 aliphatic rings. The van der Waals surface area contributed by atoms with Crippen molar-refractivity contribution in [2.75, 3.05) is 11.9 Å². The SMILES string of the molecule is CCCCc1cc(O)ccc1N(C)C=O.NC(=O)c1cc(Cc2ccccc2)[nH]n1. The average Bonchev–Trinajstić information content (AvgIpc) is 3.22. The molecule has 1 heterocycles. The van der Waals surface area contributed by atoms with Gasteiger partial charge in [-0.2, -0.15) is 5.10 Å². The van der Waals surface area contributed by atoms with E-state index in [1.807, 2.05) is 30.3 Å². The fraction of sp³-hybridized carbons (Fsp3) is 0.261. The molecule has 0 fully saturated rings. The highest BCUT2D eigenvalue weighted by Gasteiger charge is 2.07. The van der Waals surface area contributed by atoms with Gasteiger partial charge in [0.15, 0.2) is 0 Å². The van der Waals surface area contributed by atoms with Crippen molar-refractivity contribution in [3.63, 3.8) is 0 Å². The van der Waals surface area contributed by atoms with Gasteiger partial charge in [0.1, 0.15) is 11.4 Å². The smallest absolute Gasteiger partial charge is 0.269 e. The van der Waals surface area contributed by atoms with Gasteiger partial charge in [-0.1, -0.05) is 43.7 Å². The number of unbranched alkanes of at least 4 members (excludes halogenated alkanes) is 1. The maximum Gasteiger partial charge on any atom is 0.269 e. The molecule has 2 amide bonds. The number of nitrogens with two attached hydrogens (primary N) is 1. The fourth-order valence-electron chi connectivity index (χ4n) is 2.93. The van der Waals surface area contributed by atoms with Gasteiger partial charge in [-0.25, -0.2) is 0 Å². The topological polar surface area (TPSA) is 112 Å². The number of rotatable bonds is 8. The van der Waals surface area contributed by atoms with Crippen molar-refractivity contribution in [1.29, 1.82) is 0 Å². The molecule has 0 bridgehead atoms. The predicted octanol–water partition coefficient (Wildman–Crippen LogP) is 3.43. The molecule has 4 N–H and O–H groups in total. The molecule has 0 aliphatic heterocycles. The molecule has 3 aromatic rings. The summed E-state index contributed by atoms with van der Waals surface area (Å²) in [5, 5.41) is 16.0. The highest BCUT2D eigenvalue weighted by Crippen LogP contribution is 2.25. The highest BCUT2D eigenvalue weighted by molar-refractivity contribution is 5.90. The van der Waals surface area contributed by atoms with Crippen LogP contribution in [0.25, 0.3) is 0 Å². The number of aryl methyl sites for hydroxylation is 1. The summed E-state index contributed by atoms with van der Waals surface area (Å²) < 4.78 is 0. The molecule has 0 aliphatic carbocycles. The maximum absolute atomic E-state index is 10.8. The molecule has 2 aromatic carbocycles. The molecule has 7 nitrogen and oxygen atoms in total. The van der Waals surface area contributed by atoms with Crippen LogP contribution < -0.4 is 10.6 Å². The molecular weight excluding hydrogens is 380 g/mol. The first kappa shape index (κ1) is 22.7. The summed E-state index contributed by atoms with van der Waals surface area (Å²) in [4.78, 5) is 23.0. The lowest BCUT2D eigenvalue weighted by atomic mass is 10.1. The van der Waals surface area contributed by atoms with Gasteiger partial charge in [0.25, 0.3) is 5.91 Å². The van der Waals surface area contributed by atoms with Crippen molar-refractivity contribution < 1.29 is 14.7 Å². The van der Waals surface area contributed by atoms with Crippen LogP contribution in [0.4, 0.5) is 5.69 Å². The summed E-state index contributed by atoms with van der Waals surface area (Å²) in [5.74, 6) is -0.255. The number of aromatic hydroxyl groups is 1. The zero-order valence-corrected chi connectivity index (χ0v) is 17.3. The number of primary amides is 1. The van der Waals surface area contributed by atoms with Crippen molar-refractivity contribution in [3.8, 4) is 5.75 Å². The number of phenols is 1. The largest absolute Gasteiger partial charge is 0.508 e. The van der Waals surface area contributed by atoms with Gasteiger partial charge in [0.05, 0.1) is 0 Å². The number of aromatic amines is 1. The molecule has 0 spiro atoms. The monoisotopic (exact) mass is 408 g/mol. The molecule has 7 heteroatoms. The molecule has 3 rings (SSSR count). The number of hydrogen-bond acceptors (Lipinski definition) is 4. The third-order valence-corrected chi connectivity index (χ3v) is 4.52. The second-order valence-corrected chi connectivity index (χ2v) is 6.94. The Morgan fingerprint density at radius 3 is 2.53 bits per heavy atom. The lowest BCUT2D eigenvalue weighted by Crippen LogP contribution is -2.15. The van der Waals surface area contributed by atoms with E-state index in [4.69, 9.17) is 5.73 Å². The summed E-state index contributed by atoms with van der Waals surface area (Å²) >= 11 is 0. The van der Waals surface area contributed by atoms with Gasteiger partial charge in [0, 0.05) is 24.8 Å². The second kappa shape index (κ2) is 11.4. The van der Waals surface area contributed by atoms with Crippen molar-refractivity contribution in [2.24, 2.45) is 5.73 Å². The van der Waals surface area contributed by atoms with E-state index >= 15 is 0 Å². The molecule has 0 saturated heterocycles. The van der Waals surface area contributed by atoms with Gasteiger partial charge < -0.3 is 15.7 Å². The Labute approximate surface area is 176 Å². The number of H-pyrrole nitrogens is 1. The van der Waals surface area contributed by atoms with Crippen molar-refractivity contribution >= 4 is 18.0 Å². The van der Waals surface area contributed by atoms with E-state index < -0.39 is 5.91 Å². The van der Waals surface area contributed by atoms with Crippen LogP contribution in [0.2, 0.25) is 0 Å². The number of hydrogen-bond donors (Lipinski definition) is 3. The second-order valence-electron chi connectivity index (χ2n) is 6.94. The number of nitrogens with one attached hydrogen (secondary N) is 1. The van der Waals surface area contributed by atoms with Crippen LogP contribution in [0.15, 0.2) is 54.6 Å². The quantitative estimate of drug-likeness (QED) is 0.496. The Balaban J connectivity index is 0.000000214. The minimum atomic E-state index is -0.509. The Kier molecular flexibility index (Phi) is 8.62. The molecule has 0 unspecified atom stereocenters. The van der Waals surface area contributed by atoms with Crippen molar-refractivity contribution in [1.82, 2.24) is 10.2 Å². The van der Waals surface area contributed by atoms with Crippen LogP contribution in [-0.2, 0) is 17.6 Å². The third-order valence-electron chi connectivity index (χ3n) is 4.52. The van der Waals surface area contributed by atoms with Crippen LogP contribution >= 0.6 is 0 Å². The first-order valence-electron chi connectivity index (χ1n) is 9.82. The number of aromatic nitrogens is 2. The van der Waals surface area contributed by atoms with Gasteiger partial charge in [-0.15, -0.1) is 0 Å². The van der Waals surface area contributed by atoms with E-state index in [2.05, 4.69) is 17.1 Å². The summed E-state index contributed by atoms with van der Waals surface area (Å²) in [6.45, 7) is 2.12. The van der Waals surface area contributed by atoms with E-state index in [1.54, 1.807) is 31.3 Å². The Hall–Kier alpha value is -3.61. The van der Waals surface area contributed by atoms with Gasteiger partial charge >= 0.3 is 0 Å². The van der Waals surface area contributed by atoms with Crippen molar-refractivity contribution in [3.05, 3.63) is 77.1 Å². The molecule has 158 valence electrons. The Morgan fingerprint density at radius 1 is 1.20 bits per heavy atom. The number of phenolic OH excluding ortho intramolecular Hbond substituents is 1. The molecule has 0 saturated carbocycles.